The zero-order valence-corrected chi connectivity index (χ0v) is 20.0. The number of fused-ring (bicyclic) bond motifs is 1. The monoisotopic (exact) mass is 571 g/mol. The van der Waals surface area contributed by atoms with Crippen molar-refractivity contribution >= 4 is 51.4 Å². The third-order valence-corrected chi connectivity index (χ3v) is 5.61. The highest BCUT2D eigenvalue weighted by atomic mass is 127. The molecule has 0 unspecified atom stereocenters. The Morgan fingerprint density at radius 3 is 2.65 bits per heavy atom. The number of carbonyl (C=O) groups is 1. The highest BCUT2D eigenvalue weighted by Crippen LogP contribution is 2.34. The highest BCUT2D eigenvalue weighted by Gasteiger charge is 2.13. The maximum Gasteiger partial charge on any atom is 0.307 e. The first-order valence-corrected chi connectivity index (χ1v) is 11.1. The number of hydrazone groups is 1. The lowest BCUT2D eigenvalue weighted by Gasteiger charge is -2.13. The summed E-state index contributed by atoms with van der Waals surface area (Å²) >= 11 is 2.12. The fraction of sp³-hybridized carbons (Fsp3) is 0.0833. The van der Waals surface area contributed by atoms with Crippen LogP contribution in [0.3, 0.4) is 0 Å². The van der Waals surface area contributed by atoms with Crippen molar-refractivity contribution in [3.63, 3.8) is 0 Å². The maximum absolute atomic E-state index is 12.3. The number of rotatable bonds is 8. The van der Waals surface area contributed by atoms with Gasteiger partial charge in [-0.05, 0) is 70.1 Å². The number of nitro groups is 1. The van der Waals surface area contributed by atoms with Gasteiger partial charge in [-0.3, -0.25) is 14.9 Å². The minimum Gasteiger partial charge on any atom is -0.493 e. The molecule has 1 aromatic heterocycles. The molecule has 1 heterocycles. The number of methoxy groups -OCH3 is 1. The van der Waals surface area contributed by atoms with Crippen molar-refractivity contribution in [1.82, 2.24) is 5.43 Å². The molecule has 0 radical (unpaired) electrons. The van der Waals surface area contributed by atoms with E-state index in [1.165, 1.54) is 25.5 Å². The number of nitro benzene ring substituents is 1. The molecule has 4 rings (SSSR count). The minimum atomic E-state index is -0.461. The predicted octanol–water partition coefficient (Wildman–Crippen LogP) is 5.30. The number of para-hydroxylation sites is 1. The first-order valence-electron chi connectivity index (χ1n) is 10.0. The third kappa shape index (κ3) is 5.34. The van der Waals surface area contributed by atoms with Gasteiger partial charge in [-0.2, -0.15) is 5.10 Å². The Labute approximate surface area is 207 Å². The molecule has 1 amide bonds. The Morgan fingerprint density at radius 1 is 1.18 bits per heavy atom. The quantitative estimate of drug-likeness (QED) is 0.133. The fourth-order valence-electron chi connectivity index (χ4n) is 3.14. The Bertz CT molecular complexity index is 1350. The second kappa shape index (κ2) is 10.3. The van der Waals surface area contributed by atoms with E-state index >= 15 is 0 Å². The number of carbonyl (C=O) groups excluding carboxylic acids is 1. The number of non-ortho nitro benzene ring substituents is 1. The summed E-state index contributed by atoms with van der Waals surface area (Å²) in [5, 5.41) is 15.6. The van der Waals surface area contributed by atoms with E-state index in [1.807, 2.05) is 24.3 Å². The summed E-state index contributed by atoms with van der Waals surface area (Å²) < 4.78 is 17.6. The summed E-state index contributed by atoms with van der Waals surface area (Å²) in [5.74, 6) is 0.724. The molecule has 0 spiro atoms. The van der Waals surface area contributed by atoms with Crippen LogP contribution in [0.25, 0.3) is 11.0 Å². The van der Waals surface area contributed by atoms with Crippen molar-refractivity contribution in [3.8, 4) is 11.5 Å². The summed E-state index contributed by atoms with van der Waals surface area (Å²) in [6.45, 7) is 0.214. The molecular formula is C24H18IN3O6. The lowest BCUT2D eigenvalue weighted by Crippen LogP contribution is -2.16. The summed E-state index contributed by atoms with van der Waals surface area (Å²) in [4.78, 5) is 22.7. The lowest BCUT2D eigenvalue weighted by atomic mass is 10.2. The van der Waals surface area contributed by atoms with Gasteiger partial charge in [-0.15, -0.1) is 0 Å². The van der Waals surface area contributed by atoms with Gasteiger partial charge in [0.25, 0.3) is 5.69 Å². The number of nitrogens with one attached hydrogen (secondary N) is 1. The molecule has 10 heteroatoms. The SMILES string of the molecule is COc1cc(/C=N/NC(=O)c2cc3ccccc3o2)cc(I)c1OCc1ccc([N+](=O)[O-])cc1. The number of furan rings is 1. The zero-order valence-electron chi connectivity index (χ0n) is 17.9. The van der Waals surface area contributed by atoms with Crippen LogP contribution in [0.15, 0.2) is 76.2 Å². The van der Waals surface area contributed by atoms with Crippen LogP contribution in [0.4, 0.5) is 5.69 Å². The van der Waals surface area contributed by atoms with Crippen LogP contribution >= 0.6 is 22.6 Å². The van der Waals surface area contributed by atoms with E-state index in [2.05, 4.69) is 33.1 Å². The Balaban J connectivity index is 1.42. The van der Waals surface area contributed by atoms with Gasteiger partial charge in [-0.1, -0.05) is 18.2 Å². The normalized spacial score (nSPS) is 11.0. The van der Waals surface area contributed by atoms with Crippen molar-refractivity contribution in [2.75, 3.05) is 7.11 Å². The van der Waals surface area contributed by atoms with Crippen molar-refractivity contribution in [2.45, 2.75) is 6.61 Å². The van der Waals surface area contributed by atoms with Crippen molar-refractivity contribution < 1.29 is 23.6 Å². The molecule has 34 heavy (non-hydrogen) atoms. The van der Waals surface area contributed by atoms with Gasteiger partial charge in [0.2, 0.25) is 0 Å². The van der Waals surface area contributed by atoms with E-state index in [0.717, 1.165) is 14.5 Å². The Kier molecular flexibility index (Phi) is 7.07. The van der Waals surface area contributed by atoms with E-state index in [4.69, 9.17) is 13.9 Å². The number of halogens is 1. The van der Waals surface area contributed by atoms with E-state index in [1.54, 1.807) is 30.3 Å². The van der Waals surface area contributed by atoms with Crippen molar-refractivity contribution in [2.24, 2.45) is 5.10 Å². The number of hydrogen-bond acceptors (Lipinski definition) is 7. The number of amides is 1. The highest BCUT2D eigenvalue weighted by molar-refractivity contribution is 14.1. The summed E-state index contributed by atoms with van der Waals surface area (Å²) in [7, 11) is 1.52. The molecule has 9 nitrogen and oxygen atoms in total. The largest absolute Gasteiger partial charge is 0.493 e. The van der Waals surface area contributed by atoms with Gasteiger partial charge in [0.1, 0.15) is 12.2 Å². The van der Waals surface area contributed by atoms with Crippen LogP contribution in [-0.4, -0.2) is 24.2 Å². The van der Waals surface area contributed by atoms with Gasteiger partial charge in [-0.25, -0.2) is 5.43 Å². The van der Waals surface area contributed by atoms with E-state index in [-0.39, 0.29) is 18.1 Å². The van der Waals surface area contributed by atoms with E-state index in [9.17, 15) is 14.9 Å². The van der Waals surface area contributed by atoms with Crippen LogP contribution in [-0.2, 0) is 6.61 Å². The molecule has 0 bridgehead atoms. The molecule has 0 aliphatic rings. The molecule has 172 valence electrons. The lowest BCUT2D eigenvalue weighted by molar-refractivity contribution is -0.384. The second-order valence-corrected chi connectivity index (χ2v) is 8.26. The van der Waals surface area contributed by atoms with Crippen LogP contribution in [0.2, 0.25) is 0 Å². The van der Waals surface area contributed by atoms with Gasteiger partial charge < -0.3 is 13.9 Å². The second-order valence-electron chi connectivity index (χ2n) is 7.09. The minimum absolute atomic E-state index is 0.0203. The molecule has 0 atom stereocenters. The number of hydrogen-bond donors (Lipinski definition) is 1. The first kappa shape index (κ1) is 23.2. The Morgan fingerprint density at radius 2 is 1.94 bits per heavy atom. The summed E-state index contributed by atoms with van der Waals surface area (Å²) in [6, 6.07) is 18.7. The van der Waals surface area contributed by atoms with Gasteiger partial charge in [0.05, 0.1) is 21.8 Å². The van der Waals surface area contributed by atoms with Gasteiger partial charge in [0, 0.05) is 17.5 Å². The van der Waals surface area contributed by atoms with Crippen LogP contribution in [0.1, 0.15) is 21.7 Å². The molecule has 0 aliphatic heterocycles. The van der Waals surface area contributed by atoms with Crippen molar-refractivity contribution in [3.05, 3.63) is 97.3 Å². The molecule has 3 aromatic carbocycles. The number of ether oxygens (including phenoxy) is 2. The van der Waals surface area contributed by atoms with E-state index < -0.39 is 10.8 Å². The standard InChI is InChI=1S/C24H18IN3O6/c1-32-21-11-16(13-26-27-24(29)22-12-17-4-2-3-5-20(17)34-22)10-19(25)23(21)33-14-15-6-8-18(9-7-15)28(30)31/h2-13H,14H2,1H3,(H,27,29)/b26-13+. The number of benzene rings is 3. The smallest absolute Gasteiger partial charge is 0.307 e. The molecular weight excluding hydrogens is 553 g/mol. The molecule has 1 N–H and O–H groups in total. The van der Waals surface area contributed by atoms with Crippen LogP contribution in [0, 0.1) is 13.7 Å². The van der Waals surface area contributed by atoms with Crippen molar-refractivity contribution in [1.29, 1.82) is 0 Å². The third-order valence-electron chi connectivity index (χ3n) is 4.81. The zero-order chi connectivity index (χ0) is 24.1. The summed E-state index contributed by atoms with van der Waals surface area (Å²) in [5.41, 5.74) is 4.57. The number of nitrogens with zero attached hydrogens (tertiary/aromatic N) is 2. The van der Waals surface area contributed by atoms with Gasteiger partial charge in [0.15, 0.2) is 17.3 Å². The molecule has 4 aromatic rings. The Hall–Kier alpha value is -3.93. The summed E-state index contributed by atoms with van der Waals surface area (Å²) in [6.07, 6.45) is 1.49. The predicted molar refractivity (Wildman–Crippen MR) is 134 cm³/mol. The average molecular weight is 571 g/mol. The van der Waals surface area contributed by atoms with Crippen LogP contribution in [0.5, 0.6) is 11.5 Å². The molecule has 0 saturated carbocycles. The molecule has 0 aliphatic carbocycles. The topological polar surface area (TPSA) is 116 Å². The maximum atomic E-state index is 12.3. The van der Waals surface area contributed by atoms with Crippen LogP contribution < -0.4 is 14.9 Å². The van der Waals surface area contributed by atoms with E-state index in [0.29, 0.717) is 22.6 Å². The molecule has 0 saturated heterocycles. The average Bonchev–Trinajstić information content (AvgIpc) is 3.28. The molecule has 0 fully saturated rings. The van der Waals surface area contributed by atoms with Gasteiger partial charge >= 0.3 is 5.91 Å². The first-order chi connectivity index (χ1) is 16.4. The fourth-order valence-corrected chi connectivity index (χ4v) is 3.92.